The van der Waals surface area contributed by atoms with Crippen molar-refractivity contribution in [3.8, 4) is 0 Å². The van der Waals surface area contributed by atoms with Gasteiger partial charge in [-0.15, -0.1) is 0 Å². The van der Waals surface area contributed by atoms with Gasteiger partial charge >= 0.3 is 17.9 Å². The van der Waals surface area contributed by atoms with Gasteiger partial charge in [0, 0.05) is 12.8 Å². The highest BCUT2D eigenvalue weighted by molar-refractivity contribution is 5.92. The van der Waals surface area contributed by atoms with Crippen molar-refractivity contribution < 1.29 is 28.6 Å². The Balaban J connectivity index is 2.56. The van der Waals surface area contributed by atoms with Gasteiger partial charge in [-0.05, 0) is 24.5 Å². The van der Waals surface area contributed by atoms with Crippen LogP contribution in [0.15, 0.2) is 36.0 Å². The fraction of sp³-hybridized carbons (Fsp3) is 0.607. The summed E-state index contributed by atoms with van der Waals surface area (Å²) in [6.07, 6.45) is 11.4. The van der Waals surface area contributed by atoms with E-state index >= 15 is 0 Å². The Bertz CT molecular complexity index is 762. The summed E-state index contributed by atoms with van der Waals surface area (Å²) < 4.78 is 16.0. The van der Waals surface area contributed by atoms with Gasteiger partial charge in [0.15, 0.2) is 6.10 Å². The molecule has 35 heavy (non-hydrogen) atoms. The number of carbonyl (C=O) groups is 3. The van der Waals surface area contributed by atoms with Gasteiger partial charge in [0.1, 0.15) is 18.9 Å². The molecule has 0 amide bonds. The lowest BCUT2D eigenvalue weighted by atomic mass is 10.1. The van der Waals surface area contributed by atoms with Crippen LogP contribution in [0.4, 0.5) is 0 Å². The molecule has 1 rings (SSSR count). The highest BCUT2D eigenvalue weighted by atomic mass is 16.6. The molecule has 196 valence electrons. The molecule has 0 aliphatic carbocycles. The fourth-order valence-corrected chi connectivity index (χ4v) is 3.40. The monoisotopic (exact) mass is 489 g/mol. The molecule has 0 saturated carbocycles. The lowest BCUT2D eigenvalue weighted by Gasteiger charge is -2.18. The molecule has 1 aromatic carbocycles. The number of benzene rings is 1. The third-order valence-electron chi connectivity index (χ3n) is 5.45. The Morgan fingerprint density at radius 1 is 0.771 bits per heavy atom. The van der Waals surface area contributed by atoms with E-state index in [9.17, 15) is 14.4 Å². The Labute approximate surface area is 210 Å². The predicted octanol–water partition coefficient (Wildman–Crippen LogP) is 5.71. The van der Waals surface area contributed by atoms with Crippen LogP contribution in [0.2, 0.25) is 0 Å². The molecule has 0 heterocycles. The van der Waals surface area contributed by atoms with Crippen LogP contribution in [0, 0.1) is 0 Å². The number of esters is 3. The third kappa shape index (κ3) is 15.6. The van der Waals surface area contributed by atoms with Crippen molar-refractivity contribution in [3.63, 3.8) is 0 Å². The summed E-state index contributed by atoms with van der Waals surface area (Å²) in [5.74, 6) is -1.47. The Hall–Kier alpha value is -2.83. The molecule has 0 aliphatic rings. The lowest BCUT2D eigenvalue weighted by molar-refractivity contribution is -0.165. The van der Waals surface area contributed by atoms with Crippen LogP contribution < -0.4 is 5.73 Å². The van der Waals surface area contributed by atoms with Gasteiger partial charge in [0.25, 0.3) is 0 Å². The Morgan fingerprint density at radius 3 is 1.91 bits per heavy atom. The highest BCUT2D eigenvalue weighted by Crippen LogP contribution is 2.10. The van der Waals surface area contributed by atoms with Crippen LogP contribution in [0.5, 0.6) is 0 Å². The molecule has 0 aliphatic heterocycles. The first-order valence-electron chi connectivity index (χ1n) is 13.0. The molecule has 0 bridgehead atoms. The van der Waals surface area contributed by atoms with Crippen molar-refractivity contribution in [1.82, 2.24) is 0 Å². The number of unbranched alkanes of at least 4 members (excludes halogenated alkanes) is 8. The fourth-order valence-electron chi connectivity index (χ4n) is 3.40. The molecule has 0 spiro atoms. The van der Waals surface area contributed by atoms with Gasteiger partial charge in [-0.2, -0.15) is 0 Å². The molecule has 0 aromatic heterocycles. The quantitative estimate of drug-likeness (QED) is 0.115. The molecular weight excluding hydrogens is 446 g/mol. The van der Waals surface area contributed by atoms with Gasteiger partial charge in [-0.3, -0.25) is 9.59 Å². The van der Waals surface area contributed by atoms with Gasteiger partial charge < -0.3 is 19.9 Å². The average Bonchev–Trinajstić information content (AvgIpc) is 2.85. The van der Waals surface area contributed by atoms with E-state index < -0.39 is 18.0 Å². The average molecular weight is 490 g/mol. The summed E-state index contributed by atoms with van der Waals surface area (Å²) in [7, 11) is 0. The van der Waals surface area contributed by atoms with Gasteiger partial charge in [0.2, 0.25) is 0 Å². The third-order valence-corrected chi connectivity index (χ3v) is 5.45. The van der Waals surface area contributed by atoms with Crippen molar-refractivity contribution in [2.75, 3.05) is 13.2 Å². The molecule has 1 aromatic rings. The molecule has 0 radical (unpaired) electrons. The zero-order valence-corrected chi connectivity index (χ0v) is 21.5. The van der Waals surface area contributed by atoms with Crippen LogP contribution in [0.3, 0.4) is 0 Å². The number of hydrogen-bond donors (Lipinski definition) is 1. The molecule has 7 heteroatoms. The maximum atomic E-state index is 12.3. The molecular formula is C28H43NO6. The van der Waals surface area contributed by atoms with Gasteiger partial charge in [0.05, 0.1) is 0 Å². The molecule has 0 fully saturated rings. The summed E-state index contributed by atoms with van der Waals surface area (Å²) in [6, 6.07) is 9.15. The standard InChI is InChI=1S/C28H43NO6/c1-3-5-7-9-14-18-26(30)33-21-24(35-27(31)19-15-10-8-6-4-2)22-34-28(32)25(29)20-23-16-12-11-13-17-23/h11-13,16-17,20,24H,3-10,14-15,18-19,21-22,29H2,1-2H3/b25-20+. The minimum Gasteiger partial charge on any atom is -0.462 e. The van der Waals surface area contributed by atoms with E-state index in [1.54, 1.807) is 0 Å². The topological polar surface area (TPSA) is 105 Å². The Kier molecular flexibility index (Phi) is 16.8. The van der Waals surface area contributed by atoms with E-state index in [0.717, 1.165) is 69.8 Å². The number of hydrogen-bond acceptors (Lipinski definition) is 7. The molecule has 0 saturated heterocycles. The number of rotatable bonds is 19. The summed E-state index contributed by atoms with van der Waals surface area (Å²) >= 11 is 0. The molecule has 1 unspecified atom stereocenters. The van der Waals surface area contributed by atoms with E-state index in [1.807, 2.05) is 30.3 Å². The second-order valence-electron chi connectivity index (χ2n) is 8.73. The maximum absolute atomic E-state index is 12.3. The highest BCUT2D eigenvalue weighted by Gasteiger charge is 2.20. The van der Waals surface area contributed by atoms with E-state index in [0.29, 0.717) is 6.42 Å². The largest absolute Gasteiger partial charge is 0.462 e. The van der Waals surface area contributed by atoms with Crippen LogP contribution in [-0.4, -0.2) is 37.2 Å². The van der Waals surface area contributed by atoms with Crippen molar-refractivity contribution in [1.29, 1.82) is 0 Å². The predicted molar refractivity (Wildman–Crippen MR) is 137 cm³/mol. The zero-order chi connectivity index (χ0) is 25.7. The van der Waals surface area contributed by atoms with Gasteiger partial charge in [-0.25, -0.2) is 4.79 Å². The molecule has 2 N–H and O–H groups in total. The minimum absolute atomic E-state index is 0.0683. The number of carbonyl (C=O) groups excluding carboxylic acids is 3. The molecule has 1 atom stereocenters. The maximum Gasteiger partial charge on any atom is 0.354 e. The summed E-state index contributed by atoms with van der Waals surface area (Å²) in [5, 5.41) is 0. The van der Waals surface area contributed by atoms with E-state index in [4.69, 9.17) is 19.9 Å². The van der Waals surface area contributed by atoms with Crippen molar-refractivity contribution in [2.45, 2.75) is 97.0 Å². The summed E-state index contributed by atoms with van der Waals surface area (Å²) in [4.78, 5) is 36.7. The summed E-state index contributed by atoms with van der Waals surface area (Å²) in [6.45, 7) is 3.87. The minimum atomic E-state index is -0.879. The van der Waals surface area contributed by atoms with E-state index in [-0.39, 0.29) is 31.3 Å². The number of ether oxygens (including phenoxy) is 3. The smallest absolute Gasteiger partial charge is 0.354 e. The van der Waals surface area contributed by atoms with E-state index in [2.05, 4.69) is 13.8 Å². The second kappa shape index (κ2) is 19.5. The van der Waals surface area contributed by atoms with Crippen LogP contribution >= 0.6 is 0 Å². The van der Waals surface area contributed by atoms with Crippen molar-refractivity contribution in [3.05, 3.63) is 41.6 Å². The normalized spacial score (nSPS) is 12.1. The summed E-state index contributed by atoms with van der Waals surface area (Å²) in [5.41, 5.74) is 6.54. The SMILES string of the molecule is CCCCCCCC(=O)OCC(COC(=O)/C(N)=C\c1ccccc1)OC(=O)CCCCCCC. The first-order valence-corrected chi connectivity index (χ1v) is 13.0. The lowest BCUT2D eigenvalue weighted by Crippen LogP contribution is -2.31. The van der Waals surface area contributed by atoms with Crippen molar-refractivity contribution >= 4 is 24.0 Å². The second-order valence-corrected chi connectivity index (χ2v) is 8.73. The van der Waals surface area contributed by atoms with Crippen molar-refractivity contribution in [2.24, 2.45) is 5.73 Å². The molecule has 7 nitrogen and oxygen atoms in total. The number of nitrogens with two attached hydrogens (primary N) is 1. The zero-order valence-electron chi connectivity index (χ0n) is 21.5. The Morgan fingerprint density at radius 2 is 1.31 bits per heavy atom. The first-order chi connectivity index (χ1) is 17.0. The van der Waals surface area contributed by atoms with E-state index in [1.165, 1.54) is 6.08 Å². The van der Waals surface area contributed by atoms with Crippen LogP contribution in [-0.2, 0) is 28.6 Å². The van der Waals surface area contributed by atoms with Gasteiger partial charge in [-0.1, -0.05) is 95.5 Å². The van der Waals surface area contributed by atoms with Crippen LogP contribution in [0.1, 0.15) is 96.5 Å². The first kappa shape index (κ1) is 30.2. The van der Waals surface area contributed by atoms with Crippen LogP contribution in [0.25, 0.3) is 6.08 Å².